The Hall–Kier alpha value is -2.67. The van der Waals surface area contributed by atoms with Gasteiger partial charge < -0.3 is 4.57 Å². The zero-order valence-corrected chi connectivity index (χ0v) is 18.6. The molecule has 7 nitrogen and oxygen atoms in total. The molecule has 2 aromatic heterocycles. The topological polar surface area (TPSA) is 65.1 Å². The fourth-order valence-electron chi connectivity index (χ4n) is 4.55. The van der Waals surface area contributed by atoms with Gasteiger partial charge in [-0.1, -0.05) is 30.7 Å². The summed E-state index contributed by atoms with van der Waals surface area (Å²) in [5.74, 6) is 1.51. The highest BCUT2D eigenvalue weighted by atomic mass is 16.2. The van der Waals surface area contributed by atoms with Gasteiger partial charge in [0, 0.05) is 27.2 Å². The van der Waals surface area contributed by atoms with Gasteiger partial charge in [-0.15, -0.1) is 0 Å². The Labute approximate surface area is 176 Å². The third-order valence-corrected chi connectivity index (χ3v) is 6.37. The number of hydrogen-bond acceptors (Lipinski definition) is 4. The lowest BCUT2D eigenvalue weighted by molar-refractivity contribution is 0.171. The number of rotatable bonds is 4. The first-order chi connectivity index (χ1) is 14.3. The number of fused-ring (bicyclic) bond motifs is 1. The third-order valence-electron chi connectivity index (χ3n) is 6.37. The van der Waals surface area contributed by atoms with E-state index in [1.807, 2.05) is 4.57 Å². The molecule has 0 bridgehead atoms. The van der Waals surface area contributed by atoms with Crippen LogP contribution in [-0.2, 0) is 27.2 Å². The van der Waals surface area contributed by atoms with Crippen molar-refractivity contribution in [1.82, 2.24) is 23.6 Å². The minimum atomic E-state index is -0.345. The molecule has 4 rings (SSSR count). The minimum Gasteiger partial charge on any atom is -0.317 e. The van der Waals surface area contributed by atoms with Crippen molar-refractivity contribution < 1.29 is 0 Å². The number of nitrogens with zero attached hydrogens (tertiary/aromatic N) is 5. The van der Waals surface area contributed by atoms with E-state index >= 15 is 0 Å². The lowest BCUT2D eigenvalue weighted by Crippen LogP contribution is -2.37. The standard InChI is InChI=1S/C23H31N5O2/c1-15-8-9-17(3)18(11-15)13-28-19(14-27-10-6-7-16(2)12-27)24-21-20(28)22(29)26(5)23(30)25(21)4/h8-9,11,16H,6-7,10,12-14H2,1-5H3/t16-/m0/s1. The van der Waals surface area contributed by atoms with E-state index in [-0.39, 0.29) is 11.2 Å². The van der Waals surface area contributed by atoms with Gasteiger partial charge in [-0.2, -0.15) is 0 Å². The summed E-state index contributed by atoms with van der Waals surface area (Å²) in [7, 11) is 3.22. The van der Waals surface area contributed by atoms with Crippen molar-refractivity contribution in [3.8, 4) is 0 Å². The molecule has 160 valence electrons. The molecule has 7 heteroatoms. The second-order valence-corrected chi connectivity index (χ2v) is 8.90. The van der Waals surface area contributed by atoms with Gasteiger partial charge in [-0.05, 0) is 50.3 Å². The van der Waals surface area contributed by atoms with E-state index in [1.165, 1.54) is 45.7 Å². The second kappa shape index (κ2) is 7.87. The summed E-state index contributed by atoms with van der Waals surface area (Å²) in [6.07, 6.45) is 2.43. The number of hydrogen-bond donors (Lipinski definition) is 0. The molecule has 1 aliphatic rings. The monoisotopic (exact) mass is 409 g/mol. The van der Waals surface area contributed by atoms with Gasteiger partial charge >= 0.3 is 5.69 Å². The highest BCUT2D eigenvalue weighted by molar-refractivity contribution is 5.71. The maximum absolute atomic E-state index is 13.1. The summed E-state index contributed by atoms with van der Waals surface area (Å²) in [5, 5.41) is 0. The van der Waals surface area contributed by atoms with E-state index in [9.17, 15) is 9.59 Å². The minimum absolute atomic E-state index is 0.288. The molecule has 1 aromatic carbocycles. The maximum Gasteiger partial charge on any atom is 0.332 e. The summed E-state index contributed by atoms with van der Waals surface area (Å²) in [6.45, 7) is 9.77. The van der Waals surface area contributed by atoms with Gasteiger partial charge in [0.15, 0.2) is 11.2 Å². The zero-order valence-electron chi connectivity index (χ0n) is 18.6. The normalized spacial score (nSPS) is 17.7. The van der Waals surface area contributed by atoms with Crippen molar-refractivity contribution in [3.05, 3.63) is 61.6 Å². The fourth-order valence-corrected chi connectivity index (χ4v) is 4.55. The molecular formula is C23H31N5O2. The number of aromatic nitrogens is 4. The number of benzene rings is 1. The lowest BCUT2D eigenvalue weighted by Gasteiger charge is -2.30. The Kier molecular flexibility index (Phi) is 5.40. The SMILES string of the molecule is Cc1ccc(C)c(Cn2c(CN3CCC[C@H](C)C3)nc3c2c(=O)n(C)c(=O)n3C)c1. The zero-order chi connectivity index (χ0) is 21.6. The molecule has 0 radical (unpaired) electrons. The predicted octanol–water partition coefficient (Wildman–Crippen LogP) is 2.33. The summed E-state index contributed by atoms with van der Waals surface area (Å²) >= 11 is 0. The van der Waals surface area contributed by atoms with Crippen molar-refractivity contribution in [2.24, 2.45) is 20.0 Å². The molecule has 0 amide bonds. The quantitative estimate of drug-likeness (QED) is 0.663. The number of likely N-dealkylation sites (tertiary alicyclic amines) is 1. The van der Waals surface area contributed by atoms with Crippen molar-refractivity contribution in [3.63, 3.8) is 0 Å². The molecule has 1 aliphatic heterocycles. The molecule has 1 atom stereocenters. The molecule has 3 heterocycles. The Balaban J connectivity index is 1.89. The van der Waals surface area contributed by atoms with Crippen LogP contribution < -0.4 is 11.2 Å². The number of piperidine rings is 1. The molecule has 0 N–H and O–H groups in total. The highest BCUT2D eigenvalue weighted by Gasteiger charge is 2.23. The van der Waals surface area contributed by atoms with Crippen LogP contribution in [0.3, 0.4) is 0 Å². The van der Waals surface area contributed by atoms with Gasteiger partial charge in [0.05, 0.1) is 6.54 Å². The smallest absolute Gasteiger partial charge is 0.317 e. The van der Waals surface area contributed by atoms with Gasteiger partial charge in [0.2, 0.25) is 0 Å². The van der Waals surface area contributed by atoms with Crippen LogP contribution in [0.2, 0.25) is 0 Å². The van der Waals surface area contributed by atoms with Crippen LogP contribution in [0.5, 0.6) is 0 Å². The number of aryl methyl sites for hydroxylation is 3. The summed E-state index contributed by atoms with van der Waals surface area (Å²) in [4.78, 5) is 32.8. The first-order valence-corrected chi connectivity index (χ1v) is 10.7. The van der Waals surface area contributed by atoms with Crippen LogP contribution in [0, 0.1) is 19.8 Å². The van der Waals surface area contributed by atoms with E-state index < -0.39 is 0 Å². The Morgan fingerprint density at radius 1 is 1.10 bits per heavy atom. The highest BCUT2D eigenvalue weighted by Crippen LogP contribution is 2.21. The molecule has 0 saturated carbocycles. The van der Waals surface area contributed by atoms with E-state index in [0.29, 0.717) is 30.2 Å². The fraction of sp³-hybridized carbons (Fsp3) is 0.522. The average Bonchev–Trinajstić information content (AvgIpc) is 3.05. The first kappa shape index (κ1) is 20.6. The Bertz CT molecular complexity index is 1220. The summed E-state index contributed by atoms with van der Waals surface area (Å²) < 4.78 is 4.69. The van der Waals surface area contributed by atoms with Crippen LogP contribution in [0.1, 0.15) is 42.3 Å². The number of imidazole rings is 1. The molecule has 0 aliphatic carbocycles. The van der Waals surface area contributed by atoms with Crippen molar-refractivity contribution in [2.75, 3.05) is 13.1 Å². The van der Waals surface area contributed by atoms with E-state index in [1.54, 1.807) is 7.05 Å². The van der Waals surface area contributed by atoms with Crippen LogP contribution in [0.15, 0.2) is 27.8 Å². The first-order valence-electron chi connectivity index (χ1n) is 10.7. The molecule has 3 aromatic rings. The maximum atomic E-state index is 13.1. The van der Waals surface area contributed by atoms with Crippen molar-refractivity contribution in [2.45, 2.75) is 46.7 Å². The van der Waals surface area contributed by atoms with Gasteiger partial charge in [0.25, 0.3) is 5.56 Å². The largest absolute Gasteiger partial charge is 0.332 e. The van der Waals surface area contributed by atoms with E-state index in [2.05, 4.69) is 43.9 Å². The van der Waals surface area contributed by atoms with Gasteiger partial charge in [0.1, 0.15) is 5.82 Å². The molecule has 30 heavy (non-hydrogen) atoms. The van der Waals surface area contributed by atoms with Crippen LogP contribution >= 0.6 is 0 Å². The van der Waals surface area contributed by atoms with Gasteiger partial charge in [-0.25, -0.2) is 9.78 Å². The Morgan fingerprint density at radius 3 is 2.60 bits per heavy atom. The third kappa shape index (κ3) is 3.62. The van der Waals surface area contributed by atoms with E-state index in [4.69, 9.17) is 4.98 Å². The van der Waals surface area contributed by atoms with Crippen LogP contribution in [0.25, 0.3) is 11.2 Å². The molecular weight excluding hydrogens is 378 g/mol. The van der Waals surface area contributed by atoms with Crippen molar-refractivity contribution in [1.29, 1.82) is 0 Å². The molecule has 1 fully saturated rings. The predicted molar refractivity (Wildman–Crippen MR) is 119 cm³/mol. The van der Waals surface area contributed by atoms with E-state index in [0.717, 1.165) is 18.9 Å². The lowest BCUT2D eigenvalue weighted by atomic mass is 10.0. The molecule has 1 saturated heterocycles. The summed E-state index contributed by atoms with van der Waals surface area (Å²) in [5.41, 5.74) is 3.87. The second-order valence-electron chi connectivity index (χ2n) is 8.90. The average molecular weight is 410 g/mol. The van der Waals surface area contributed by atoms with Crippen LogP contribution in [0.4, 0.5) is 0 Å². The van der Waals surface area contributed by atoms with Crippen LogP contribution in [-0.4, -0.2) is 36.7 Å². The molecule has 0 unspecified atom stereocenters. The summed E-state index contributed by atoms with van der Waals surface area (Å²) in [6, 6.07) is 6.38. The molecule has 0 spiro atoms. The Morgan fingerprint density at radius 2 is 1.87 bits per heavy atom. The van der Waals surface area contributed by atoms with Gasteiger partial charge in [-0.3, -0.25) is 18.8 Å². The van der Waals surface area contributed by atoms with Crippen molar-refractivity contribution >= 4 is 11.2 Å².